The summed E-state index contributed by atoms with van der Waals surface area (Å²) < 4.78 is 0.810. The van der Waals surface area contributed by atoms with Crippen LogP contribution in [-0.4, -0.2) is 64.9 Å². The number of amides is 2. The highest BCUT2D eigenvalue weighted by atomic mass is 32.2. The predicted molar refractivity (Wildman–Crippen MR) is 116 cm³/mol. The molecule has 2 aliphatic rings. The van der Waals surface area contributed by atoms with Gasteiger partial charge in [0.2, 0.25) is 11.0 Å². The van der Waals surface area contributed by atoms with Crippen molar-refractivity contribution in [1.29, 1.82) is 0 Å². The molecule has 1 aromatic heterocycles. The molecular formula is C20H25N5O2S2. The first-order chi connectivity index (χ1) is 14.2. The van der Waals surface area contributed by atoms with E-state index in [0.717, 1.165) is 41.0 Å². The zero-order chi connectivity index (χ0) is 20.1. The summed E-state index contributed by atoms with van der Waals surface area (Å²) in [7, 11) is 0. The summed E-state index contributed by atoms with van der Waals surface area (Å²) >= 11 is 2.95. The molecule has 29 heavy (non-hydrogen) atoms. The summed E-state index contributed by atoms with van der Waals surface area (Å²) in [4.78, 5) is 28.7. The van der Waals surface area contributed by atoms with Crippen molar-refractivity contribution >= 4 is 40.0 Å². The molecule has 1 saturated carbocycles. The Morgan fingerprint density at radius 3 is 2.52 bits per heavy atom. The molecule has 0 spiro atoms. The van der Waals surface area contributed by atoms with Crippen LogP contribution >= 0.6 is 23.1 Å². The van der Waals surface area contributed by atoms with Crippen LogP contribution in [0.2, 0.25) is 0 Å². The van der Waals surface area contributed by atoms with E-state index in [1.165, 1.54) is 35.9 Å². The minimum Gasteiger partial charge on any atom is -0.353 e. The summed E-state index contributed by atoms with van der Waals surface area (Å²) in [5.74, 6) is 0.531. The molecule has 1 saturated heterocycles. The van der Waals surface area contributed by atoms with Crippen molar-refractivity contribution in [2.24, 2.45) is 0 Å². The molecule has 9 heteroatoms. The van der Waals surface area contributed by atoms with E-state index in [2.05, 4.69) is 20.4 Å². The number of hydrogen-bond donors (Lipinski definition) is 1. The number of nitrogens with one attached hydrogen (secondary N) is 1. The van der Waals surface area contributed by atoms with Gasteiger partial charge in [0, 0.05) is 37.8 Å². The fourth-order valence-corrected chi connectivity index (χ4v) is 5.42. The maximum Gasteiger partial charge on any atom is 0.253 e. The van der Waals surface area contributed by atoms with Crippen LogP contribution in [0.3, 0.4) is 0 Å². The van der Waals surface area contributed by atoms with Crippen LogP contribution in [0.5, 0.6) is 0 Å². The minimum absolute atomic E-state index is 0.0756. The fraction of sp³-hybridized carbons (Fsp3) is 0.500. The number of nitrogens with zero attached hydrogens (tertiary/aromatic N) is 4. The molecule has 1 aliphatic heterocycles. The standard InChI is InChI=1S/C20H25N5O2S2/c26-17(21-16-8-4-5-9-16)14-28-20-23-22-19(29-20)25-12-10-24(11-13-25)18(27)15-6-2-1-3-7-15/h1-3,6-7,16H,4-5,8-14H2,(H,21,26). The lowest BCUT2D eigenvalue weighted by Crippen LogP contribution is -2.48. The molecule has 0 atom stereocenters. The fourth-order valence-electron chi connectivity index (χ4n) is 3.72. The Bertz CT molecular complexity index is 830. The second-order valence-corrected chi connectivity index (χ2v) is 9.51. The van der Waals surface area contributed by atoms with Crippen LogP contribution in [0.25, 0.3) is 0 Å². The van der Waals surface area contributed by atoms with Crippen molar-refractivity contribution in [3.8, 4) is 0 Å². The first-order valence-corrected chi connectivity index (χ1v) is 11.8. The smallest absolute Gasteiger partial charge is 0.253 e. The SMILES string of the molecule is O=C(CSc1nnc(N2CCN(C(=O)c3ccccc3)CC2)s1)NC1CCCC1. The highest BCUT2D eigenvalue weighted by Crippen LogP contribution is 2.29. The highest BCUT2D eigenvalue weighted by molar-refractivity contribution is 8.01. The summed E-state index contributed by atoms with van der Waals surface area (Å²) in [6.45, 7) is 2.80. The van der Waals surface area contributed by atoms with Crippen LogP contribution in [-0.2, 0) is 4.79 Å². The van der Waals surface area contributed by atoms with Gasteiger partial charge in [-0.3, -0.25) is 9.59 Å². The number of carbonyl (C=O) groups excluding carboxylic acids is 2. The van der Waals surface area contributed by atoms with Crippen molar-refractivity contribution in [2.45, 2.75) is 36.1 Å². The average molecular weight is 432 g/mol. The highest BCUT2D eigenvalue weighted by Gasteiger charge is 2.24. The third-order valence-corrected chi connectivity index (χ3v) is 7.42. The lowest BCUT2D eigenvalue weighted by Gasteiger charge is -2.34. The number of carbonyl (C=O) groups is 2. The summed E-state index contributed by atoms with van der Waals surface area (Å²) in [6.07, 6.45) is 4.61. The topological polar surface area (TPSA) is 78.4 Å². The Morgan fingerprint density at radius 2 is 1.79 bits per heavy atom. The molecule has 2 amide bonds. The number of benzene rings is 1. The Kier molecular flexibility index (Phi) is 6.66. The molecule has 2 fully saturated rings. The molecule has 1 aromatic carbocycles. The summed E-state index contributed by atoms with van der Waals surface area (Å²) in [5, 5.41) is 12.5. The Hall–Kier alpha value is -2.13. The van der Waals surface area contributed by atoms with Gasteiger partial charge in [-0.15, -0.1) is 10.2 Å². The number of aromatic nitrogens is 2. The van der Waals surface area contributed by atoms with Crippen LogP contribution in [0.1, 0.15) is 36.0 Å². The molecule has 0 bridgehead atoms. The first-order valence-electron chi connectivity index (χ1n) is 10.0. The average Bonchev–Trinajstić information content (AvgIpc) is 3.45. The number of thioether (sulfide) groups is 1. The van der Waals surface area contributed by atoms with Crippen LogP contribution in [0, 0.1) is 0 Å². The van der Waals surface area contributed by atoms with Gasteiger partial charge in [0.15, 0.2) is 4.34 Å². The molecule has 2 aromatic rings. The normalized spacial score (nSPS) is 17.5. The van der Waals surface area contributed by atoms with E-state index in [0.29, 0.717) is 24.9 Å². The second-order valence-electron chi connectivity index (χ2n) is 7.33. The zero-order valence-corrected chi connectivity index (χ0v) is 17.9. The van der Waals surface area contributed by atoms with E-state index < -0.39 is 0 Å². The maximum absolute atomic E-state index is 12.6. The molecule has 2 heterocycles. The monoisotopic (exact) mass is 431 g/mol. The molecule has 7 nitrogen and oxygen atoms in total. The first kappa shape index (κ1) is 20.2. The largest absolute Gasteiger partial charge is 0.353 e. The summed E-state index contributed by atoms with van der Waals surface area (Å²) in [5.41, 5.74) is 0.728. The van der Waals surface area contributed by atoms with Gasteiger partial charge in [-0.05, 0) is 25.0 Å². The van der Waals surface area contributed by atoms with E-state index >= 15 is 0 Å². The lowest BCUT2D eigenvalue weighted by molar-refractivity contribution is -0.119. The zero-order valence-electron chi connectivity index (χ0n) is 16.2. The van der Waals surface area contributed by atoms with Crippen molar-refractivity contribution < 1.29 is 9.59 Å². The van der Waals surface area contributed by atoms with Crippen molar-refractivity contribution in [2.75, 3.05) is 36.8 Å². The van der Waals surface area contributed by atoms with Gasteiger partial charge in [-0.2, -0.15) is 0 Å². The van der Waals surface area contributed by atoms with Gasteiger partial charge in [0.05, 0.1) is 5.75 Å². The number of hydrogen-bond acceptors (Lipinski definition) is 7. The number of anilines is 1. The second kappa shape index (κ2) is 9.58. The molecule has 0 radical (unpaired) electrons. The third-order valence-electron chi connectivity index (χ3n) is 5.30. The molecule has 0 unspecified atom stereocenters. The number of rotatable bonds is 6. The van der Waals surface area contributed by atoms with Crippen LogP contribution in [0.4, 0.5) is 5.13 Å². The Balaban J connectivity index is 1.24. The predicted octanol–water partition coefficient (Wildman–Crippen LogP) is 2.65. The minimum atomic E-state index is 0.0756. The van der Waals surface area contributed by atoms with Gasteiger partial charge in [-0.1, -0.05) is 54.1 Å². The van der Waals surface area contributed by atoms with E-state index in [1.54, 1.807) is 0 Å². The maximum atomic E-state index is 12.6. The van der Waals surface area contributed by atoms with E-state index in [-0.39, 0.29) is 11.8 Å². The molecule has 1 N–H and O–H groups in total. The molecule has 1 aliphatic carbocycles. The third kappa shape index (κ3) is 5.27. The van der Waals surface area contributed by atoms with E-state index in [4.69, 9.17) is 0 Å². The quantitative estimate of drug-likeness (QED) is 0.709. The van der Waals surface area contributed by atoms with Gasteiger partial charge < -0.3 is 15.1 Å². The van der Waals surface area contributed by atoms with Crippen molar-refractivity contribution in [1.82, 2.24) is 20.4 Å². The molecule has 154 valence electrons. The molecule has 4 rings (SSSR count). The van der Waals surface area contributed by atoms with Gasteiger partial charge in [0.25, 0.3) is 5.91 Å². The van der Waals surface area contributed by atoms with Crippen LogP contribution < -0.4 is 10.2 Å². The van der Waals surface area contributed by atoms with Gasteiger partial charge in [0.1, 0.15) is 0 Å². The summed E-state index contributed by atoms with van der Waals surface area (Å²) in [6, 6.07) is 9.74. The lowest BCUT2D eigenvalue weighted by atomic mass is 10.2. The van der Waals surface area contributed by atoms with E-state index in [9.17, 15) is 9.59 Å². The van der Waals surface area contributed by atoms with E-state index in [1.807, 2.05) is 35.2 Å². The van der Waals surface area contributed by atoms with Gasteiger partial charge in [-0.25, -0.2) is 0 Å². The Morgan fingerprint density at radius 1 is 1.07 bits per heavy atom. The van der Waals surface area contributed by atoms with Gasteiger partial charge >= 0.3 is 0 Å². The van der Waals surface area contributed by atoms with Crippen LogP contribution in [0.15, 0.2) is 34.7 Å². The van der Waals surface area contributed by atoms with Crippen molar-refractivity contribution in [3.05, 3.63) is 35.9 Å². The Labute approximate surface area is 178 Å². The molecular weight excluding hydrogens is 406 g/mol. The van der Waals surface area contributed by atoms with Crippen molar-refractivity contribution in [3.63, 3.8) is 0 Å². The number of piperazine rings is 1.